The SMILES string of the molecule is CCCCCCCCCCCCCCCCCCCCCC[S-].CCCCCCCCCCCCCCCCCCCCCC[S-].[Pb+2]. The van der Waals surface area contributed by atoms with Gasteiger partial charge in [-0.1, -0.05) is 271 Å². The standard InChI is InChI=1S/2C22H46S.Pb/c2*1-2-3-4-5-6-7-8-9-10-11-12-13-14-15-16-17-18-19-20-21-22-23;/h2*23H,2-22H2,1H3;/q;;+2/p-2. The smallest absolute Gasteiger partial charge is 0.793 e. The van der Waals surface area contributed by atoms with Crippen molar-refractivity contribution < 1.29 is 0 Å². The molecule has 0 rings (SSSR count). The van der Waals surface area contributed by atoms with Gasteiger partial charge in [-0.2, -0.15) is 11.5 Å². The van der Waals surface area contributed by atoms with Crippen molar-refractivity contribution in [3.05, 3.63) is 0 Å². The van der Waals surface area contributed by atoms with Crippen LogP contribution >= 0.6 is 0 Å². The molecule has 0 unspecified atom stereocenters. The zero-order chi connectivity index (χ0) is 33.7. The van der Waals surface area contributed by atoms with Crippen LogP contribution in [0.4, 0.5) is 0 Å². The first-order chi connectivity index (χ1) is 22.8. The van der Waals surface area contributed by atoms with E-state index >= 15 is 0 Å². The first-order valence-electron chi connectivity index (χ1n) is 22.0. The summed E-state index contributed by atoms with van der Waals surface area (Å²) in [6.07, 6.45) is 57.9. The van der Waals surface area contributed by atoms with Gasteiger partial charge in [-0.3, -0.25) is 0 Å². The summed E-state index contributed by atoms with van der Waals surface area (Å²) in [7, 11) is 0. The summed E-state index contributed by atoms with van der Waals surface area (Å²) >= 11 is 9.94. The molecule has 0 amide bonds. The normalized spacial score (nSPS) is 11.0. The number of hydrogen-bond acceptors (Lipinski definition) is 2. The van der Waals surface area contributed by atoms with Crippen LogP contribution in [0.3, 0.4) is 0 Å². The van der Waals surface area contributed by atoms with Crippen LogP contribution in [0.15, 0.2) is 0 Å². The summed E-state index contributed by atoms with van der Waals surface area (Å²) in [5.41, 5.74) is 0. The Bertz CT molecular complexity index is 390. The van der Waals surface area contributed by atoms with Gasteiger partial charge < -0.3 is 25.3 Å². The van der Waals surface area contributed by atoms with Crippen molar-refractivity contribution in [3.63, 3.8) is 0 Å². The van der Waals surface area contributed by atoms with Crippen molar-refractivity contribution in [2.75, 3.05) is 11.5 Å². The summed E-state index contributed by atoms with van der Waals surface area (Å²) in [5.74, 6) is 1.91. The van der Waals surface area contributed by atoms with Gasteiger partial charge in [0.1, 0.15) is 0 Å². The number of unbranched alkanes of at least 4 members (excludes halogenated alkanes) is 38. The van der Waals surface area contributed by atoms with Gasteiger partial charge in [0.15, 0.2) is 0 Å². The predicted octanol–water partition coefficient (Wildman–Crippen LogP) is 16.3. The molecule has 0 aliphatic rings. The maximum absolute atomic E-state index is 4.97. The largest absolute Gasteiger partial charge is 2.00 e. The number of hydrogen-bond donors (Lipinski definition) is 0. The quantitative estimate of drug-likeness (QED) is 0.0342. The van der Waals surface area contributed by atoms with Gasteiger partial charge in [-0.15, -0.1) is 0 Å². The average Bonchev–Trinajstić information content (AvgIpc) is 3.07. The van der Waals surface area contributed by atoms with Gasteiger partial charge in [0.2, 0.25) is 0 Å². The molecule has 47 heavy (non-hydrogen) atoms. The van der Waals surface area contributed by atoms with Gasteiger partial charge in [-0.05, 0) is 0 Å². The topological polar surface area (TPSA) is 0 Å². The summed E-state index contributed by atoms with van der Waals surface area (Å²) in [6, 6.07) is 0. The molecule has 0 nitrogen and oxygen atoms in total. The van der Waals surface area contributed by atoms with Crippen LogP contribution in [0.1, 0.15) is 271 Å². The minimum Gasteiger partial charge on any atom is -0.793 e. The van der Waals surface area contributed by atoms with Crippen LogP contribution in [-0.4, -0.2) is 38.8 Å². The molecule has 0 aromatic carbocycles. The van der Waals surface area contributed by atoms with Gasteiger partial charge in [0.25, 0.3) is 0 Å². The van der Waals surface area contributed by atoms with Gasteiger partial charge in [-0.25, -0.2) is 0 Å². The first kappa shape index (κ1) is 53.0. The second-order valence-corrected chi connectivity index (χ2v) is 15.7. The molecule has 282 valence electrons. The second kappa shape index (κ2) is 54.4. The molecule has 0 atom stereocenters. The molecule has 2 radical (unpaired) electrons. The molecule has 0 bridgehead atoms. The molecule has 0 saturated carbocycles. The molecule has 0 aromatic heterocycles. The van der Waals surface area contributed by atoms with Crippen molar-refractivity contribution in [2.45, 2.75) is 271 Å². The third kappa shape index (κ3) is 57.2. The Hall–Kier alpha value is 1.62. The van der Waals surface area contributed by atoms with E-state index in [1.165, 1.54) is 257 Å². The van der Waals surface area contributed by atoms with Crippen molar-refractivity contribution in [1.82, 2.24) is 0 Å². The average molecular weight is 891 g/mol. The molecule has 0 N–H and O–H groups in total. The molecule has 0 fully saturated rings. The Labute approximate surface area is 332 Å². The molecule has 0 saturated heterocycles. The summed E-state index contributed by atoms with van der Waals surface area (Å²) in [5, 5.41) is 0. The molecule has 0 heterocycles. The van der Waals surface area contributed by atoms with Gasteiger partial charge >= 0.3 is 27.3 Å². The third-order valence-corrected chi connectivity index (χ3v) is 10.6. The maximum atomic E-state index is 4.97. The second-order valence-electron chi connectivity index (χ2n) is 14.8. The fraction of sp³-hybridized carbons (Fsp3) is 1.00. The Morgan fingerprint density at radius 1 is 0.191 bits per heavy atom. The van der Waals surface area contributed by atoms with Crippen LogP contribution < -0.4 is 0 Å². The minimum absolute atomic E-state index is 0. The Balaban J connectivity index is -0.000000807. The van der Waals surface area contributed by atoms with E-state index in [2.05, 4.69) is 13.8 Å². The fourth-order valence-corrected chi connectivity index (χ4v) is 7.12. The van der Waals surface area contributed by atoms with Crippen molar-refractivity contribution in [3.8, 4) is 0 Å². The molecule has 3 heteroatoms. The molecular formula is C44H90PbS2. The predicted molar refractivity (Wildman–Crippen MR) is 226 cm³/mol. The molecule has 0 spiro atoms. The van der Waals surface area contributed by atoms with Crippen LogP contribution in [0, 0.1) is 0 Å². The molecule has 0 aliphatic heterocycles. The van der Waals surface area contributed by atoms with Crippen molar-refractivity contribution >= 4 is 52.6 Å². The van der Waals surface area contributed by atoms with E-state index in [9.17, 15) is 0 Å². The summed E-state index contributed by atoms with van der Waals surface area (Å²) < 4.78 is 0. The molecule has 0 aromatic rings. The van der Waals surface area contributed by atoms with Gasteiger partial charge in [0, 0.05) is 0 Å². The number of rotatable bonds is 40. The summed E-state index contributed by atoms with van der Waals surface area (Å²) in [4.78, 5) is 0. The van der Waals surface area contributed by atoms with Crippen molar-refractivity contribution in [2.24, 2.45) is 0 Å². The van der Waals surface area contributed by atoms with E-state index in [0.717, 1.165) is 11.5 Å². The molecular weight excluding hydrogens is 800 g/mol. The van der Waals surface area contributed by atoms with Gasteiger partial charge in [0.05, 0.1) is 0 Å². The van der Waals surface area contributed by atoms with Crippen LogP contribution in [-0.2, 0) is 25.3 Å². The minimum atomic E-state index is 0. The van der Waals surface area contributed by atoms with E-state index in [0.29, 0.717) is 0 Å². The van der Waals surface area contributed by atoms with Crippen LogP contribution in [0.5, 0.6) is 0 Å². The first-order valence-corrected chi connectivity index (χ1v) is 23.1. The van der Waals surface area contributed by atoms with E-state index in [4.69, 9.17) is 25.3 Å². The summed E-state index contributed by atoms with van der Waals surface area (Å²) in [6.45, 7) is 4.59. The zero-order valence-corrected chi connectivity index (χ0v) is 38.5. The molecule has 0 aliphatic carbocycles. The van der Waals surface area contributed by atoms with E-state index in [-0.39, 0.29) is 27.3 Å². The maximum Gasteiger partial charge on any atom is 2.00 e. The Morgan fingerprint density at radius 2 is 0.298 bits per heavy atom. The Kier molecular flexibility index (Phi) is 61.3. The monoisotopic (exact) mass is 891 g/mol. The Morgan fingerprint density at radius 3 is 0.404 bits per heavy atom. The zero-order valence-electron chi connectivity index (χ0n) is 33.0. The fourth-order valence-electron chi connectivity index (χ4n) is 6.71. The van der Waals surface area contributed by atoms with E-state index in [1.807, 2.05) is 0 Å². The van der Waals surface area contributed by atoms with E-state index in [1.54, 1.807) is 0 Å². The van der Waals surface area contributed by atoms with E-state index < -0.39 is 0 Å². The van der Waals surface area contributed by atoms with Crippen molar-refractivity contribution in [1.29, 1.82) is 0 Å². The van der Waals surface area contributed by atoms with Crippen LogP contribution in [0.25, 0.3) is 0 Å². The third-order valence-electron chi connectivity index (χ3n) is 10.00. The van der Waals surface area contributed by atoms with Crippen LogP contribution in [0.2, 0.25) is 0 Å².